The molecule has 0 unspecified atom stereocenters. The molecule has 1 heterocycles. The second-order valence-electron chi connectivity index (χ2n) is 5.40. The van der Waals surface area contributed by atoms with Crippen molar-refractivity contribution in [2.24, 2.45) is 0 Å². The minimum Gasteiger partial charge on any atom is -0.497 e. The van der Waals surface area contributed by atoms with Gasteiger partial charge in [-0.25, -0.2) is 9.37 Å². The van der Waals surface area contributed by atoms with E-state index < -0.39 is 0 Å². The summed E-state index contributed by atoms with van der Waals surface area (Å²) >= 11 is 0. The summed E-state index contributed by atoms with van der Waals surface area (Å²) in [5.41, 5.74) is 1.26. The predicted molar refractivity (Wildman–Crippen MR) is 98.6 cm³/mol. The summed E-state index contributed by atoms with van der Waals surface area (Å²) in [6.45, 7) is 0.290. The van der Waals surface area contributed by atoms with E-state index >= 15 is 0 Å². The number of hydrogen-bond donors (Lipinski definition) is 2. The standard InChI is InChI=1S/C19H19FN4O2/c1-25-14-7-8-17(26-2)16(11-14)23-18-9-10-21-19(24-18)22-12-13-5-3-4-6-15(13)20/h3-11H,12H2,1-2H3,(H2,21,22,23,24). The van der Waals surface area contributed by atoms with Crippen LogP contribution in [-0.4, -0.2) is 24.2 Å². The Kier molecular flexibility index (Phi) is 5.48. The third-order valence-electron chi connectivity index (χ3n) is 3.72. The lowest BCUT2D eigenvalue weighted by Crippen LogP contribution is -2.06. The minimum atomic E-state index is -0.268. The lowest BCUT2D eigenvalue weighted by Gasteiger charge is -2.13. The first kappa shape index (κ1) is 17.5. The summed E-state index contributed by atoms with van der Waals surface area (Å²) in [5, 5.41) is 6.20. The molecule has 0 amide bonds. The van der Waals surface area contributed by atoms with E-state index in [1.54, 1.807) is 50.7 Å². The van der Waals surface area contributed by atoms with E-state index in [0.29, 0.717) is 41.1 Å². The van der Waals surface area contributed by atoms with Gasteiger partial charge in [-0.2, -0.15) is 4.98 Å². The van der Waals surface area contributed by atoms with Gasteiger partial charge in [0.05, 0.1) is 19.9 Å². The van der Waals surface area contributed by atoms with Gasteiger partial charge in [0.15, 0.2) is 0 Å². The van der Waals surface area contributed by atoms with Crippen LogP contribution in [-0.2, 0) is 6.54 Å². The highest BCUT2D eigenvalue weighted by Gasteiger charge is 2.08. The van der Waals surface area contributed by atoms with Crippen LogP contribution >= 0.6 is 0 Å². The first-order chi connectivity index (χ1) is 12.7. The van der Waals surface area contributed by atoms with Crippen LogP contribution < -0.4 is 20.1 Å². The van der Waals surface area contributed by atoms with Gasteiger partial charge in [0, 0.05) is 24.4 Å². The zero-order valence-corrected chi connectivity index (χ0v) is 14.5. The molecule has 0 aliphatic rings. The number of ether oxygens (including phenoxy) is 2. The number of rotatable bonds is 7. The van der Waals surface area contributed by atoms with Gasteiger partial charge in [-0.05, 0) is 24.3 Å². The largest absolute Gasteiger partial charge is 0.497 e. The van der Waals surface area contributed by atoms with Gasteiger partial charge < -0.3 is 20.1 Å². The number of nitrogens with zero attached hydrogens (tertiary/aromatic N) is 2. The third-order valence-corrected chi connectivity index (χ3v) is 3.72. The van der Waals surface area contributed by atoms with Gasteiger partial charge >= 0.3 is 0 Å². The third kappa shape index (κ3) is 4.18. The van der Waals surface area contributed by atoms with Crippen molar-refractivity contribution in [1.29, 1.82) is 0 Å². The lowest BCUT2D eigenvalue weighted by molar-refractivity contribution is 0.405. The zero-order valence-electron chi connectivity index (χ0n) is 14.5. The molecule has 0 atom stereocenters. The van der Waals surface area contributed by atoms with Crippen molar-refractivity contribution in [3.05, 3.63) is 66.1 Å². The van der Waals surface area contributed by atoms with E-state index in [1.165, 1.54) is 6.07 Å². The van der Waals surface area contributed by atoms with Crippen LogP contribution in [0.15, 0.2) is 54.7 Å². The fourth-order valence-corrected chi connectivity index (χ4v) is 2.38. The van der Waals surface area contributed by atoms with Gasteiger partial charge in [0.1, 0.15) is 23.1 Å². The first-order valence-corrected chi connectivity index (χ1v) is 7.99. The lowest BCUT2D eigenvalue weighted by atomic mass is 10.2. The molecule has 3 aromatic rings. The van der Waals surface area contributed by atoms with Gasteiger partial charge in [-0.3, -0.25) is 0 Å². The topological polar surface area (TPSA) is 68.3 Å². The molecule has 0 saturated heterocycles. The Bertz CT molecular complexity index is 889. The molecule has 0 bridgehead atoms. The number of methoxy groups -OCH3 is 2. The molecule has 3 rings (SSSR count). The van der Waals surface area contributed by atoms with Gasteiger partial charge in [-0.15, -0.1) is 0 Å². The highest BCUT2D eigenvalue weighted by atomic mass is 19.1. The Morgan fingerprint density at radius 1 is 1.04 bits per heavy atom. The molecule has 0 aliphatic heterocycles. The average Bonchev–Trinajstić information content (AvgIpc) is 2.67. The van der Waals surface area contributed by atoms with Crippen molar-refractivity contribution < 1.29 is 13.9 Å². The monoisotopic (exact) mass is 354 g/mol. The average molecular weight is 354 g/mol. The van der Waals surface area contributed by atoms with Crippen molar-refractivity contribution in [3.8, 4) is 11.5 Å². The number of nitrogens with one attached hydrogen (secondary N) is 2. The SMILES string of the molecule is COc1ccc(OC)c(Nc2ccnc(NCc3ccccc3F)n2)c1. The summed E-state index contributed by atoms with van der Waals surface area (Å²) in [5.74, 6) is 2.05. The van der Waals surface area contributed by atoms with Crippen LogP contribution in [0.3, 0.4) is 0 Å². The molecular weight excluding hydrogens is 335 g/mol. The Labute approximate surface area is 151 Å². The number of anilines is 3. The molecule has 26 heavy (non-hydrogen) atoms. The Morgan fingerprint density at radius 3 is 2.65 bits per heavy atom. The van der Waals surface area contributed by atoms with Crippen molar-refractivity contribution in [1.82, 2.24) is 9.97 Å². The Balaban J connectivity index is 1.74. The molecule has 0 saturated carbocycles. The van der Waals surface area contributed by atoms with E-state index in [-0.39, 0.29) is 5.82 Å². The summed E-state index contributed by atoms with van der Waals surface area (Å²) in [6, 6.07) is 13.7. The number of benzene rings is 2. The fraction of sp³-hybridized carbons (Fsp3) is 0.158. The molecule has 0 fully saturated rings. The van der Waals surface area contributed by atoms with Crippen LogP contribution in [0, 0.1) is 5.82 Å². The van der Waals surface area contributed by atoms with E-state index in [9.17, 15) is 4.39 Å². The molecule has 134 valence electrons. The molecular formula is C19H19FN4O2. The molecule has 7 heteroatoms. The Hall–Kier alpha value is -3.35. The van der Waals surface area contributed by atoms with Gasteiger partial charge in [0.2, 0.25) is 5.95 Å². The zero-order chi connectivity index (χ0) is 18.4. The second-order valence-corrected chi connectivity index (χ2v) is 5.40. The second kappa shape index (κ2) is 8.15. The van der Waals surface area contributed by atoms with E-state index in [4.69, 9.17) is 9.47 Å². The van der Waals surface area contributed by atoms with Crippen LogP contribution in [0.4, 0.5) is 21.8 Å². The first-order valence-electron chi connectivity index (χ1n) is 7.99. The Morgan fingerprint density at radius 2 is 1.88 bits per heavy atom. The highest BCUT2D eigenvalue weighted by molar-refractivity contribution is 5.66. The molecule has 6 nitrogen and oxygen atoms in total. The van der Waals surface area contributed by atoms with Crippen molar-refractivity contribution in [2.45, 2.75) is 6.54 Å². The molecule has 0 radical (unpaired) electrons. The quantitative estimate of drug-likeness (QED) is 0.669. The normalized spacial score (nSPS) is 10.3. The van der Waals surface area contributed by atoms with E-state index in [2.05, 4.69) is 20.6 Å². The summed E-state index contributed by atoms with van der Waals surface area (Å²) in [6.07, 6.45) is 1.62. The van der Waals surface area contributed by atoms with Gasteiger partial charge in [-0.1, -0.05) is 18.2 Å². The fourth-order valence-electron chi connectivity index (χ4n) is 2.38. The van der Waals surface area contributed by atoms with E-state index in [0.717, 1.165) is 0 Å². The predicted octanol–water partition coefficient (Wildman–Crippen LogP) is 3.99. The molecule has 0 spiro atoms. The summed E-state index contributed by atoms with van der Waals surface area (Å²) < 4.78 is 24.3. The smallest absolute Gasteiger partial charge is 0.224 e. The van der Waals surface area contributed by atoms with Crippen LogP contribution in [0.1, 0.15) is 5.56 Å². The summed E-state index contributed by atoms with van der Waals surface area (Å²) in [7, 11) is 3.19. The van der Waals surface area contributed by atoms with E-state index in [1.807, 2.05) is 12.1 Å². The van der Waals surface area contributed by atoms with Crippen LogP contribution in [0.2, 0.25) is 0 Å². The number of aromatic nitrogens is 2. The summed E-state index contributed by atoms with van der Waals surface area (Å²) in [4.78, 5) is 8.55. The molecule has 2 aromatic carbocycles. The number of hydrogen-bond acceptors (Lipinski definition) is 6. The maximum atomic E-state index is 13.7. The maximum absolute atomic E-state index is 13.7. The van der Waals surface area contributed by atoms with Crippen molar-refractivity contribution in [3.63, 3.8) is 0 Å². The minimum absolute atomic E-state index is 0.268. The van der Waals surface area contributed by atoms with Crippen LogP contribution in [0.5, 0.6) is 11.5 Å². The van der Waals surface area contributed by atoms with Crippen molar-refractivity contribution in [2.75, 3.05) is 24.9 Å². The van der Waals surface area contributed by atoms with Crippen LogP contribution in [0.25, 0.3) is 0 Å². The molecule has 0 aliphatic carbocycles. The molecule has 2 N–H and O–H groups in total. The van der Waals surface area contributed by atoms with Crippen molar-refractivity contribution >= 4 is 17.5 Å². The van der Waals surface area contributed by atoms with Gasteiger partial charge in [0.25, 0.3) is 0 Å². The maximum Gasteiger partial charge on any atom is 0.224 e. The number of halogens is 1. The molecule has 1 aromatic heterocycles. The highest BCUT2D eigenvalue weighted by Crippen LogP contribution is 2.31.